The normalized spacial score (nSPS) is 20.9. The van der Waals surface area contributed by atoms with E-state index in [2.05, 4.69) is 9.62 Å². The fourth-order valence-electron chi connectivity index (χ4n) is 2.24. The van der Waals surface area contributed by atoms with Crippen LogP contribution in [0.2, 0.25) is 0 Å². The minimum atomic E-state index is -3.65. The van der Waals surface area contributed by atoms with Crippen LogP contribution in [0.5, 0.6) is 0 Å². The number of nitrogens with two attached hydrogens (primary N) is 1. The summed E-state index contributed by atoms with van der Waals surface area (Å²) < 4.78 is 40.4. The number of hydrogen-bond acceptors (Lipinski definition) is 4. The number of hydrogen-bond donors (Lipinski definition) is 2. The molecule has 5 nitrogen and oxygen atoms in total. The zero-order chi connectivity index (χ0) is 14.2. The first kappa shape index (κ1) is 14.2. The molecule has 1 fully saturated rings. The SMILES string of the molecule is Cc1cc(S(=O)(=O)NC2CCN(C)C2)cc(N)c1F. The van der Waals surface area contributed by atoms with E-state index in [9.17, 15) is 12.8 Å². The highest BCUT2D eigenvalue weighted by Gasteiger charge is 2.26. The van der Waals surface area contributed by atoms with Gasteiger partial charge < -0.3 is 10.6 Å². The van der Waals surface area contributed by atoms with Crippen LogP contribution in [-0.2, 0) is 10.0 Å². The Labute approximate surface area is 112 Å². The number of likely N-dealkylation sites (N-methyl/N-ethyl adjacent to an activating group) is 1. The predicted molar refractivity (Wildman–Crippen MR) is 71.8 cm³/mol. The largest absolute Gasteiger partial charge is 0.396 e. The van der Waals surface area contributed by atoms with Gasteiger partial charge in [-0.1, -0.05) is 0 Å². The summed E-state index contributed by atoms with van der Waals surface area (Å²) in [4.78, 5) is 2.07. The van der Waals surface area contributed by atoms with Crippen molar-refractivity contribution in [3.05, 3.63) is 23.5 Å². The van der Waals surface area contributed by atoms with Gasteiger partial charge in [-0.2, -0.15) is 0 Å². The third-order valence-electron chi connectivity index (χ3n) is 3.28. The van der Waals surface area contributed by atoms with E-state index in [-0.39, 0.29) is 22.2 Å². The average molecular weight is 287 g/mol. The highest BCUT2D eigenvalue weighted by atomic mass is 32.2. The number of halogens is 1. The van der Waals surface area contributed by atoms with Crippen molar-refractivity contribution < 1.29 is 12.8 Å². The van der Waals surface area contributed by atoms with Crippen molar-refractivity contribution in [2.24, 2.45) is 0 Å². The lowest BCUT2D eigenvalue weighted by Crippen LogP contribution is -2.36. The highest BCUT2D eigenvalue weighted by molar-refractivity contribution is 7.89. The summed E-state index contributed by atoms with van der Waals surface area (Å²) in [7, 11) is -1.71. The molecule has 1 aliphatic heterocycles. The highest BCUT2D eigenvalue weighted by Crippen LogP contribution is 2.21. The van der Waals surface area contributed by atoms with Crippen molar-refractivity contribution in [2.75, 3.05) is 25.9 Å². The molecule has 1 atom stereocenters. The fourth-order valence-corrected chi connectivity index (χ4v) is 3.62. The maximum absolute atomic E-state index is 13.4. The zero-order valence-corrected chi connectivity index (χ0v) is 11.8. The molecule has 3 N–H and O–H groups in total. The van der Waals surface area contributed by atoms with Gasteiger partial charge in [-0.05, 0) is 44.6 Å². The molecule has 1 heterocycles. The van der Waals surface area contributed by atoms with Crippen LogP contribution in [0.1, 0.15) is 12.0 Å². The molecule has 0 saturated carbocycles. The number of nitrogens with one attached hydrogen (secondary N) is 1. The monoisotopic (exact) mass is 287 g/mol. The maximum Gasteiger partial charge on any atom is 0.240 e. The van der Waals surface area contributed by atoms with Crippen molar-refractivity contribution >= 4 is 15.7 Å². The van der Waals surface area contributed by atoms with Crippen LogP contribution in [-0.4, -0.2) is 39.5 Å². The van der Waals surface area contributed by atoms with Gasteiger partial charge in [0.25, 0.3) is 0 Å². The smallest absolute Gasteiger partial charge is 0.240 e. The summed E-state index contributed by atoms with van der Waals surface area (Å²) in [6, 6.07) is 2.34. The first-order valence-corrected chi connectivity index (χ1v) is 7.54. The van der Waals surface area contributed by atoms with Gasteiger partial charge in [0, 0.05) is 12.6 Å². The predicted octanol–water partition coefficient (Wildman–Crippen LogP) is 0.699. The lowest BCUT2D eigenvalue weighted by atomic mass is 10.2. The summed E-state index contributed by atoms with van der Waals surface area (Å²) in [5, 5.41) is 0. The Hall–Kier alpha value is -1.18. The summed E-state index contributed by atoms with van der Waals surface area (Å²) >= 11 is 0. The Morgan fingerprint density at radius 1 is 1.47 bits per heavy atom. The molecule has 2 rings (SSSR count). The molecule has 0 aromatic heterocycles. The van der Waals surface area contributed by atoms with E-state index >= 15 is 0 Å². The van der Waals surface area contributed by atoms with Crippen molar-refractivity contribution in [1.29, 1.82) is 0 Å². The quantitative estimate of drug-likeness (QED) is 0.802. The van der Waals surface area contributed by atoms with Crippen LogP contribution >= 0.6 is 0 Å². The van der Waals surface area contributed by atoms with Crippen molar-refractivity contribution in [2.45, 2.75) is 24.3 Å². The molecule has 1 unspecified atom stereocenters. The first-order valence-electron chi connectivity index (χ1n) is 6.06. The molecule has 0 radical (unpaired) electrons. The second kappa shape index (κ2) is 5.07. The third-order valence-corrected chi connectivity index (χ3v) is 4.78. The Morgan fingerprint density at radius 2 is 2.16 bits per heavy atom. The van der Waals surface area contributed by atoms with E-state index in [0.717, 1.165) is 19.0 Å². The Bertz CT molecular complexity index is 566. The molecule has 7 heteroatoms. The number of aryl methyl sites for hydroxylation is 1. The number of nitrogen functional groups attached to an aromatic ring is 1. The first-order chi connectivity index (χ1) is 8.79. The number of anilines is 1. The number of rotatable bonds is 3. The summed E-state index contributed by atoms with van der Waals surface area (Å²) in [6.07, 6.45) is 0.769. The van der Waals surface area contributed by atoms with E-state index in [1.165, 1.54) is 13.0 Å². The molecular weight excluding hydrogens is 269 g/mol. The average Bonchev–Trinajstić information content (AvgIpc) is 2.70. The van der Waals surface area contributed by atoms with Crippen LogP contribution in [0.15, 0.2) is 17.0 Å². The van der Waals surface area contributed by atoms with Gasteiger partial charge in [-0.3, -0.25) is 0 Å². The molecule has 0 amide bonds. The summed E-state index contributed by atoms with van der Waals surface area (Å²) in [5.74, 6) is -0.570. The summed E-state index contributed by atoms with van der Waals surface area (Å²) in [5.41, 5.74) is 5.55. The van der Waals surface area contributed by atoms with Crippen LogP contribution in [0.25, 0.3) is 0 Å². The fraction of sp³-hybridized carbons (Fsp3) is 0.500. The second-order valence-corrected chi connectivity index (χ2v) is 6.73. The molecule has 1 aromatic rings. The number of nitrogens with zero attached hydrogens (tertiary/aromatic N) is 1. The van der Waals surface area contributed by atoms with E-state index < -0.39 is 15.8 Å². The number of sulfonamides is 1. The van der Waals surface area contributed by atoms with E-state index in [1.54, 1.807) is 0 Å². The van der Waals surface area contributed by atoms with Crippen molar-refractivity contribution in [3.8, 4) is 0 Å². The Balaban J connectivity index is 2.25. The van der Waals surface area contributed by atoms with Gasteiger partial charge >= 0.3 is 0 Å². The molecule has 0 spiro atoms. The maximum atomic E-state index is 13.4. The molecule has 1 aromatic carbocycles. The van der Waals surface area contributed by atoms with Gasteiger partial charge in [-0.25, -0.2) is 17.5 Å². The standard InChI is InChI=1S/C12H18FN3O2S/c1-8-5-10(6-11(14)12(8)13)19(17,18)15-9-3-4-16(2)7-9/h5-6,9,15H,3-4,7,14H2,1-2H3. The van der Waals surface area contributed by atoms with Crippen LogP contribution in [0.3, 0.4) is 0 Å². The third kappa shape index (κ3) is 3.05. The molecule has 0 aliphatic carbocycles. The van der Waals surface area contributed by atoms with Gasteiger partial charge in [0.05, 0.1) is 10.6 Å². The minimum absolute atomic E-state index is 0.0125. The van der Waals surface area contributed by atoms with Gasteiger partial charge in [0.1, 0.15) is 5.82 Å². The molecule has 0 bridgehead atoms. The number of likely N-dealkylation sites (tertiary alicyclic amines) is 1. The topological polar surface area (TPSA) is 75.4 Å². The van der Waals surface area contributed by atoms with Crippen LogP contribution in [0, 0.1) is 12.7 Å². The molecule has 1 aliphatic rings. The van der Waals surface area contributed by atoms with Crippen LogP contribution < -0.4 is 10.5 Å². The lowest BCUT2D eigenvalue weighted by molar-refractivity contribution is 0.407. The van der Waals surface area contributed by atoms with E-state index in [0.29, 0.717) is 6.54 Å². The zero-order valence-electron chi connectivity index (χ0n) is 11.0. The minimum Gasteiger partial charge on any atom is -0.396 e. The molecule has 19 heavy (non-hydrogen) atoms. The lowest BCUT2D eigenvalue weighted by Gasteiger charge is -2.14. The van der Waals surface area contributed by atoms with Crippen LogP contribution in [0.4, 0.5) is 10.1 Å². The van der Waals surface area contributed by atoms with E-state index in [4.69, 9.17) is 5.73 Å². The van der Waals surface area contributed by atoms with Gasteiger partial charge in [0.2, 0.25) is 10.0 Å². The van der Waals surface area contributed by atoms with Crippen molar-refractivity contribution in [3.63, 3.8) is 0 Å². The second-order valence-electron chi connectivity index (χ2n) is 5.01. The Morgan fingerprint density at radius 3 is 2.68 bits per heavy atom. The molecule has 106 valence electrons. The Kier molecular flexibility index (Phi) is 3.80. The molecule has 1 saturated heterocycles. The van der Waals surface area contributed by atoms with Crippen molar-refractivity contribution in [1.82, 2.24) is 9.62 Å². The summed E-state index contributed by atoms with van der Waals surface area (Å²) in [6.45, 7) is 3.03. The van der Waals surface area contributed by atoms with Gasteiger partial charge in [0.15, 0.2) is 0 Å². The van der Waals surface area contributed by atoms with E-state index in [1.807, 2.05) is 7.05 Å². The molecular formula is C12H18FN3O2S. The number of benzene rings is 1. The van der Waals surface area contributed by atoms with Gasteiger partial charge in [-0.15, -0.1) is 0 Å².